The van der Waals surface area contributed by atoms with Gasteiger partial charge in [-0.05, 0) is 49.6 Å². The van der Waals surface area contributed by atoms with Crippen molar-refractivity contribution in [3.8, 4) is 5.69 Å². The second kappa shape index (κ2) is 13.6. The van der Waals surface area contributed by atoms with Crippen molar-refractivity contribution in [2.75, 3.05) is 6.61 Å². The molecule has 2 N–H and O–H groups in total. The first-order valence-electron chi connectivity index (χ1n) is 13.6. The number of benzene rings is 2. The molecule has 4 rings (SSSR count). The number of esters is 1. The number of nitrogens with zero attached hydrogens (tertiary/aromatic N) is 1. The quantitative estimate of drug-likeness (QED) is 0.266. The lowest BCUT2D eigenvalue weighted by atomic mass is 10.0. The molecule has 2 aromatic carbocycles. The number of hydrogen-bond donors (Lipinski definition) is 2. The van der Waals surface area contributed by atoms with Crippen molar-refractivity contribution < 1.29 is 23.9 Å². The van der Waals surface area contributed by atoms with E-state index in [0.717, 1.165) is 24.9 Å². The van der Waals surface area contributed by atoms with Crippen molar-refractivity contribution in [3.05, 3.63) is 90.3 Å². The first-order chi connectivity index (χ1) is 19.0. The average molecular weight is 530 g/mol. The van der Waals surface area contributed by atoms with Gasteiger partial charge in [0, 0.05) is 35.2 Å². The highest BCUT2D eigenvalue weighted by Gasteiger charge is 2.36. The topological polar surface area (TPSA) is 106 Å². The summed E-state index contributed by atoms with van der Waals surface area (Å²) in [6.45, 7) is 1.69. The summed E-state index contributed by atoms with van der Waals surface area (Å²) in [5.41, 5.74) is 1.79. The monoisotopic (exact) mass is 529 g/mol. The summed E-state index contributed by atoms with van der Waals surface area (Å²) in [5.74, 6) is -1.94. The van der Waals surface area contributed by atoms with Crippen LogP contribution in [-0.4, -0.2) is 46.8 Å². The standard InChI is InChI=1S/C31H35N3O5/c1-2-3-16-27(33-29(36)23-13-9-14-24(20-23)34-18-7-8-19-34)30(37)32-26-17-10-15-25(26)31(38)39-21-28(35)22-11-5-4-6-12-22/h4-9,11-14,18-20,25-27H,2-3,10,15-17,21H2,1H3,(H,32,37)(H,33,36)/t25-,26+,27+/m1/s1. The summed E-state index contributed by atoms with van der Waals surface area (Å²) in [5, 5.41) is 5.88. The lowest BCUT2D eigenvalue weighted by Gasteiger charge is -2.24. The molecule has 0 spiro atoms. The number of aromatic nitrogens is 1. The van der Waals surface area contributed by atoms with Crippen LogP contribution in [0.3, 0.4) is 0 Å². The molecule has 0 radical (unpaired) electrons. The van der Waals surface area contributed by atoms with E-state index < -0.39 is 24.0 Å². The minimum Gasteiger partial charge on any atom is -0.457 e. The SMILES string of the molecule is CCCC[C@H](NC(=O)c1cccc(-n2cccc2)c1)C(=O)N[C@H]1CCC[C@H]1C(=O)OCC(=O)c1ccccc1. The van der Waals surface area contributed by atoms with Crippen molar-refractivity contribution >= 4 is 23.6 Å². The summed E-state index contributed by atoms with van der Waals surface area (Å²) >= 11 is 0. The van der Waals surface area contributed by atoms with Crippen LogP contribution in [0.4, 0.5) is 0 Å². The van der Waals surface area contributed by atoms with E-state index in [1.807, 2.05) is 54.2 Å². The molecule has 1 saturated carbocycles. The number of amides is 2. The Morgan fingerprint density at radius 3 is 2.44 bits per heavy atom. The molecular formula is C31H35N3O5. The maximum atomic E-state index is 13.3. The molecule has 8 heteroatoms. The van der Waals surface area contributed by atoms with Gasteiger partial charge in [0.15, 0.2) is 12.4 Å². The van der Waals surface area contributed by atoms with Crippen LogP contribution in [0.25, 0.3) is 5.69 Å². The molecule has 1 heterocycles. The van der Waals surface area contributed by atoms with Gasteiger partial charge in [-0.1, -0.05) is 62.6 Å². The highest BCUT2D eigenvalue weighted by Crippen LogP contribution is 2.27. The van der Waals surface area contributed by atoms with Crippen LogP contribution in [0.15, 0.2) is 79.1 Å². The van der Waals surface area contributed by atoms with E-state index >= 15 is 0 Å². The summed E-state index contributed by atoms with van der Waals surface area (Å²) in [6.07, 6.45) is 7.88. The van der Waals surface area contributed by atoms with Crippen molar-refractivity contribution in [2.45, 2.75) is 57.5 Å². The maximum absolute atomic E-state index is 13.3. The third kappa shape index (κ3) is 7.44. The zero-order chi connectivity index (χ0) is 27.6. The van der Waals surface area contributed by atoms with Crippen molar-refractivity contribution in [3.63, 3.8) is 0 Å². The van der Waals surface area contributed by atoms with Gasteiger partial charge < -0.3 is 19.9 Å². The van der Waals surface area contributed by atoms with E-state index in [-0.39, 0.29) is 24.2 Å². The van der Waals surface area contributed by atoms with Gasteiger partial charge in [0.05, 0.1) is 5.92 Å². The fourth-order valence-corrected chi connectivity index (χ4v) is 4.88. The summed E-state index contributed by atoms with van der Waals surface area (Å²) in [4.78, 5) is 51.6. The molecule has 0 unspecified atom stereocenters. The van der Waals surface area contributed by atoms with E-state index in [1.54, 1.807) is 36.4 Å². The van der Waals surface area contributed by atoms with Gasteiger partial charge in [-0.25, -0.2) is 0 Å². The number of rotatable bonds is 12. The molecular weight excluding hydrogens is 494 g/mol. The van der Waals surface area contributed by atoms with Gasteiger partial charge in [0.2, 0.25) is 5.91 Å². The first kappa shape index (κ1) is 27.8. The molecule has 8 nitrogen and oxygen atoms in total. The summed E-state index contributed by atoms with van der Waals surface area (Å²) in [6, 6.07) is 18.6. The smallest absolute Gasteiger partial charge is 0.311 e. The Kier molecular flexibility index (Phi) is 9.67. The lowest BCUT2D eigenvalue weighted by Crippen LogP contribution is -2.51. The maximum Gasteiger partial charge on any atom is 0.311 e. The molecule has 3 atom stereocenters. The second-order valence-electron chi connectivity index (χ2n) is 9.86. The molecule has 39 heavy (non-hydrogen) atoms. The predicted octanol–water partition coefficient (Wildman–Crippen LogP) is 4.48. The Hall–Kier alpha value is -4.20. The van der Waals surface area contributed by atoms with E-state index in [9.17, 15) is 19.2 Å². The third-order valence-corrected chi connectivity index (χ3v) is 7.07. The minimum absolute atomic E-state index is 0.272. The molecule has 0 aliphatic heterocycles. The van der Waals surface area contributed by atoms with E-state index in [2.05, 4.69) is 10.6 Å². The van der Waals surface area contributed by atoms with Gasteiger partial charge in [0.25, 0.3) is 5.91 Å². The Bertz CT molecular complexity index is 1270. The van der Waals surface area contributed by atoms with Crippen LogP contribution in [0.5, 0.6) is 0 Å². The van der Waals surface area contributed by atoms with Crippen molar-refractivity contribution in [1.82, 2.24) is 15.2 Å². The summed E-state index contributed by atoms with van der Waals surface area (Å²) in [7, 11) is 0. The molecule has 1 aliphatic carbocycles. The average Bonchev–Trinajstić information content (AvgIpc) is 3.67. The zero-order valence-corrected chi connectivity index (χ0v) is 22.2. The fraction of sp³-hybridized carbons (Fsp3) is 0.355. The minimum atomic E-state index is -0.732. The largest absolute Gasteiger partial charge is 0.457 e. The molecule has 0 bridgehead atoms. The highest BCUT2D eigenvalue weighted by atomic mass is 16.5. The predicted molar refractivity (Wildman–Crippen MR) is 148 cm³/mol. The number of Topliss-reactive ketones (excluding diaryl/α,β-unsaturated/α-hetero) is 1. The second-order valence-corrected chi connectivity index (χ2v) is 9.86. The number of nitrogens with one attached hydrogen (secondary N) is 2. The van der Waals surface area contributed by atoms with Crippen LogP contribution in [0.1, 0.15) is 66.2 Å². The van der Waals surface area contributed by atoms with Gasteiger partial charge in [-0.15, -0.1) is 0 Å². The number of ether oxygens (including phenoxy) is 1. The molecule has 1 fully saturated rings. The van der Waals surface area contributed by atoms with Crippen LogP contribution in [-0.2, 0) is 14.3 Å². The van der Waals surface area contributed by atoms with E-state index in [0.29, 0.717) is 30.4 Å². The highest BCUT2D eigenvalue weighted by molar-refractivity contribution is 5.99. The van der Waals surface area contributed by atoms with Gasteiger partial charge in [0.1, 0.15) is 6.04 Å². The van der Waals surface area contributed by atoms with E-state index in [1.165, 1.54) is 0 Å². The summed E-state index contributed by atoms with van der Waals surface area (Å²) < 4.78 is 7.24. The Balaban J connectivity index is 1.36. The van der Waals surface area contributed by atoms with Crippen LogP contribution < -0.4 is 10.6 Å². The molecule has 1 aliphatic rings. The van der Waals surface area contributed by atoms with Crippen LogP contribution in [0.2, 0.25) is 0 Å². The molecule has 0 saturated heterocycles. The molecule has 2 amide bonds. The number of ketones is 1. The van der Waals surface area contributed by atoms with Crippen molar-refractivity contribution in [1.29, 1.82) is 0 Å². The Labute approximate surface area is 228 Å². The zero-order valence-electron chi connectivity index (χ0n) is 22.2. The van der Waals surface area contributed by atoms with Crippen LogP contribution in [0, 0.1) is 5.92 Å². The normalized spacial score (nSPS) is 17.3. The molecule has 1 aromatic heterocycles. The van der Waals surface area contributed by atoms with Gasteiger partial charge in [-0.3, -0.25) is 19.2 Å². The Morgan fingerprint density at radius 1 is 0.949 bits per heavy atom. The first-order valence-corrected chi connectivity index (χ1v) is 13.6. The van der Waals surface area contributed by atoms with Gasteiger partial charge in [-0.2, -0.15) is 0 Å². The third-order valence-electron chi connectivity index (χ3n) is 7.07. The number of carbonyl (C=O) groups excluding carboxylic acids is 4. The number of unbranched alkanes of at least 4 members (excludes halogenated alkanes) is 1. The number of hydrogen-bond acceptors (Lipinski definition) is 5. The molecule has 3 aromatic rings. The van der Waals surface area contributed by atoms with Crippen LogP contribution >= 0.6 is 0 Å². The fourth-order valence-electron chi connectivity index (χ4n) is 4.88. The van der Waals surface area contributed by atoms with Gasteiger partial charge >= 0.3 is 5.97 Å². The number of carbonyl (C=O) groups is 4. The Morgan fingerprint density at radius 2 is 1.69 bits per heavy atom. The lowest BCUT2D eigenvalue weighted by molar-refractivity contribution is -0.148. The molecule has 204 valence electrons. The van der Waals surface area contributed by atoms with Crippen molar-refractivity contribution in [2.24, 2.45) is 5.92 Å². The van der Waals surface area contributed by atoms with E-state index in [4.69, 9.17) is 4.74 Å².